The molecular weight excluding hydrogens is 298 g/mol. The van der Waals surface area contributed by atoms with Crippen molar-refractivity contribution in [3.8, 4) is 22.6 Å². The summed E-state index contributed by atoms with van der Waals surface area (Å²) in [7, 11) is 0. The normalized spacial score (nSPS) is 11.3. The summed E-state index contributed by atoms with van der Waals surface area (Å²) in [5, 5.41) is 8.64. The molecule has 0 fully saturated rings. The molecule has 0 unspecified atom stereocenters. The van der Waals surface area contributed by atoms with Crippen LogP contribution in [0.5, 0.6) is 0 Å². The third kappa shape index (κ3) is 1.91. The summed E-state index contributed by atoms with van der Waals surface area (Å²) in [5.41, 5.74) is 6.44. The van der Waals surface area contributed by atoms with Crippen LogP contribution in [0.1, 0.15) is 0 Å². The summed E-state index contributed by atoms with van der Waals surface area (Å²) >= 11 is 0. The number of aromatic nitrogens is 5. The highest BCUT2D eigenvalue weighted by atomic mass is 15.1. The van der Waals surface area contributed by atoms with Crippen molar-refractivity contribution in [1.29, 1.82) is 0 Å². The van der Waals surface area contributed by atoms with Crippen LogP contribution in [-0.2, 0) is 0 Å². The van der Waals surface area contributed by atoms with Gasteiger partial charge in [-0.25, -0.2) is 4.98 Å². The predicted octanol–water partition coefficient (Wildman–Crippen LogP) is 4.17. The van der Waals surface area contributed by atoms with Crippen molar-refractivity contribution in [3.63, 3.8) is 0 Å². The van der Waals surface area contributed by atoms with Crippen LogP contribution in [0.3, 0.4) is 0 Å². The number of para-hydroxylation sites is 3. The smallest absolute Gasteiger partial charge is 0.117 e. The maximum absolute atomic E-state index is 4.75. The van der Waals surface area contributed by atoms with Gasteiger partial charge in [-0.15, -0.1) is 0 Å². The van der Waals surface area contributed by atoms with Gasteiger partial charge in [-0.05, 0) is 24.3 Å². The average molecular weight is 311 g/mol. The molecular formula is C19H13N5. The quantitative estimate of drug-likeness (QED) is 0.514. The molecule has 0 saturated heterocycles. The van der Waals surface area contributed by atoms with Gasteiger partial charge in [-0.1, -0.05) is 30.3 Å². The molecule has 5 nitrogen and oxygen atoms in total. The highest BCUT2D eigenvalue weighted by Crippen LogP contribution is 2.33. The van der Waals surface area contributed by atoms with E-state index >= 15 is 0 Å². The first-order chi connectivity index (χ1) is 11.9. The number of aromatic amines is 2. The zero-order valence-electron chi connectivity index (χ0n) is 12.7. The second-order valence-corrected chi connectivity index (χ2v) is 5.63. The molecule has 5 rings (SSSR count). The minimum absolute atomic E-state index is 0.831. The van der Waals surface area contributed by atoms with Crippen LogP contribution < -0.4 is 0 Å². The molecule has 5 heteroatoms. The van der Waals surface area contributed by atoms with E-state index in [0.29, 0.717) is 0 Å². The molecule has 0 atom stereocenters. The lowest BCUT2D eigenvalue weighted by molar-refractivity contribution is 1.11. The number of rotatable bonds is 2. The van der Waals surface area contributed by atoms with Gasteiger partial charge in [0.05, 0.1) is 34.1 Å². The Balaban J connectivity index is 1.71. The Labute approximate surface area is 137 Å². The zero-order chi connectivity index (χ0) is 15.9. The van der Waals surface area contributed by atoms with Gasteiger partial charge in [-0.2, -0.15) is 5.10 Å². The van der Waals surface area contributed by atoms with E-state index < -0.39 is 0 Å². The third-order valence-electron chi connectivity index (χ3n) is 4.18. The first kappa shape index (κ1) is 13.0. The maximum atomic E-state index is 4.75. The number of hydrogen-bond donors (Lipinski definition) is 2. The molecule has 2 aromatic carbocycles. The van der Waals surface area contributed by atoms with Crippen LogP contribution in [0.25, 0.3) is 44.6 Å². The van der Waals surface area contributed by atoms with Crippen LogP contribution in [0.15, 0.2) is 67.0 Å². The number of benzene rings is 2. The Morgan fingerprint density at radius 3 is 2.62 bits per heavy atom. The molecule has 2 N–H and O–H groups in total. The number of fused-ring (bicyclic) bond motifs is 2. The molecule has 0 spiro atoms. The van der Waals surface area contributed by atoms with Gasteiger partial charge in [0.1, 0.15) is 5.69 Å². The van der Waals surface area contributed by atoms with Gasteiger partial charge in [0, 0.05) is 17.1 Å². The Bertz CT molecular complexity index is 1170. The number of nitrogens with zero attached hydrogens (tertiary/aromatic N) is 3. The lowest BCUT2D eigenvalue weighted by atomic mass is 10.1. The molecule has 5 aromatic rings. The first-order valence-electron chi connectivity index (χ1n) is 7.73. The Hall–Kier alpha value is -3.47. The van der Waals surface area contributed by atoms with Gasteiger partial charge < -0.3 is 4.98 Å². The molecule has 114 valence electrons. The summed E-state index contributed by atoms with van der Waals surface area (Å²) in [6.45, 7) is 0. The Kier molecular flexibility index (Phi) is 2.72. The van der Waals surface area contributed by atoms with Crippen molar-refractivity contribution in [2.75, 3.05) is 0 Å². The highest BCUT2D eigenvalue weighted by molar-refractivity contribution is 5.96. The zero-order valence-corrected chi connectivity index (χ0v) is 12.7. The minimum Gasteiger partial charge on any atom is -0.359 e. The lowest BCUT2D eigenvalue weighted by Gasteiger charge is -2.03. The standard InChI is InChI=1S/C19H13N5/c1-2-6-14-12(5-1)19(24-23-14)18-13(9-10-20-18)17-11-21-15-7-3-4-8-16(15)22-17/h1-11,20H,(H,23,24). The monoisotopic (exact) mass is 311 g/mol. The summed E-state index contributed by atoms with van der Waals surface area (Å²) in [4.78, 5) is 12.6. The molecule has 0 aliphatic rings. The molecule has 0 aliphatic heterocycles. The van der Waals surface area contributed by atoms with Crippen molar-refractivity contribution < 1.29 is 0 Å². The van der Waals surface area contributed by atoms with Crippen molar-refractivity contribution in [2.24, 2.45) is 0 Å². The minimum atomic E-state index is 0.831. The van der Waals surface area contributed by atoms with Crippen molar-refractivity contribution >= 4 is 21.9 Å². The van der Waals surface area contributed by atoms with Crippen LogP contribution >= 0.6 is 0 Å². The van der Waals surface area contributed by atoms with Crippen LogP contribution in [0, 0.1) is 0 Å². The van der Waals surface area contributed by atoms with Crippen molar-refractivity contribution in [1.82, 2.24) is 25.1 Å². The summed E-state index contributed by atoms with van der Waals surface area (Å²) < 4.78 is 0. The Morgan fingerprint density at radius 1 is 0.833 bits per heavy atom. The van der Waals surface area contributed by atoms with Crippen molar-refractivity contribution in [3.05, 3.63) is 67.0 Å². The number of nitrogens with one attached hydrogen (secondary N) is 2. The molecule has 0 amide bonds. The largest absolute Gasteiger partial charge is 0.359 e. The van der Waals surface area contributed by atoms with E-state index in [9.17, 15) is 0 Å². The van der Waals surface area contributed by atoms with Gasteiger partial charge in [0.25, 0.3) is 0 Å². The number of H-pyrrole nitrogens is 2. The highest BCUT2D eigenvalue weighted by Gasteiger charge is 2.15. The van der Waals surface area contributed by atoms with Gasteiger partial charge in [0.2, 0.25) is 0 Å². The van der Waals surface area contributed by atoms with E-state index in [0.717, 1.165) is 44.6 Å². The predicted molar refractivity (Wildman–Crippen MR) is 94.4 cm³/mol. The molecule has 0 bridgehead atoms. The first-order valence-corrected chi connectivity index (χ1v) is 7.73. The van der Waals surface area contributed by atoms with E-state index in [1.54, 1.807) is 0 Å². The molecule has 24 heavy (non-hydrogen) atoms. The fourth-order valence-corrected chi connectivity index (χ4v) is 3.02. The average Bonchev–Trinajstić information content (AvgIpc) is 3.27. The SMILES string of the molecule is c1ccc2nc(-c3cc[nH]c3-c3n[nH]c4ccccc34)cnc2c1. The molecule has 3 heterocycles. The van der Waals surface area contributed by atoms with Crippen LogP contribution in [0.4, 0.5) is 0 Å². The van der Waals surface area contributed by atoms with Crippen molar-refractivity contribution in [2.45, 2.75) is 0 Å². The molecule has 0 aliphatic carbocycles. The number of hydrogen-bond acceptors (Lipinski definition) is 3. The molecule has 0 radical (unpaired) electrons. The summed E-state index contributed by atoms with van der Waals surface area (Å²) in [6.07, 6.45) is 3.72. The topological polar surface area (TPSA) is 70.2 Å². The summed E-state index contributed by atoms with van der Waals surface area (Å²) in [6, 6.07) is 18.0. The van der Waals surface area contributed by atoms with E-state index in [1.807, 2.05) is 60.9 Å². The van der Waals surface area contributed by atoms with Crippen LogP contribution in [-0.4, -0.2) is 25.1 Å². The lowest BCUT2D eigenvalue weighted by Crippen LogP contribution is -1.90. The van der Waals surface area contributed by atoms with Gasteiger partial charge >= 0.3 is 0 Å². The second-order valence-electron chi connectivity index (χ2n) is 5.63. The maximum Gasteiger partial charge on any atom is 0.117 e. The summed E-state index contributed by atoms with van der Waals surface area (Å²) in [5.74, 6) is 0. The van der Waals surface area contributed by atoms with Gasteiger partial charge in [0.15, 0.2) is 0 Å². The fraction of sp³-hybridized carbons (Fsp3) is 0. The van der Waals surface area contributed by atoms with E-state index in [-0.39, 0.29) is 0 Å². The van der Waals surface area contributed by atoms with E-state index in [2.05, 4.69) is 26.2 Å². The molecule has 0 saturated carbocycles. The third-order valence-corrected chi connectivity index (χ3v) is 4.18. The fourth-order valence-electron chi connectivity index (χ4n) is 3.02. The van der Waals surface area contributed by atoms with E-state index in [4.69, 9.17) is 4.98 Å². The molecule has 3 aromatic heterocycles. The van der Waals surface area contributed by atoms with Gasteiger partial charge in [-0.3, -0.25) is 10.1 Å². The van der Waals surface area contributed by atoms with Crippen LogP contribution in [0.2, 0.25) is 0 Å². The Morgan fingerprint density at radius 2 is 1.67 bits per heavy atom. The van der Waals surface area contributed by atoms with E-state index in [1.165, 1.54) is 0 Å². The second kappa shape index (κ2) is 5.03.